The zero-order valence-electron chi connectivity index (χ0n) is 13.3. The van der Waals surface area contributed by atoms with Crippen LogP contribution in [0.25, 0.3) is 0 Å². The number of unbranched alkanes of at least 4 members (excludes halogenated alkanes) is 1. The van der Waals surface area contributed by atoms with Gasteiger partial charge in [0.2, 0.25) is 0 Å². The number of nitrogens with one attached hydrogen (secondary N) is 1. The van der Waals surface area contributed by atoms with Crippen LogP contribution in [0.4, 0.5) is 0 Å². The van der Waals surface area contributed by atoms with Crippen LogP contribution in [0.15, 0.2) is 24.3 Å². The molecule has 2 rings (SSSR count). The molecule has 0 atom stereocenters. The Morgan fingerprint density at radius 2 is 1.91 bits per heavy atom. The lowest BCUT2D eigenvalue weighted by atomic mass is 10.3. The van der Waals surface area contributed by atoms with Crippen LogP contribution >= 0.6 is 0 Å². The van der Waals surface area contributed by atoms with Gasteiger partial charge in [0.15, 0.2) is 18.1 Å². The Morgan fingerprint density at radius 1 is 1.18 bits per heavy atom. The van der Waals surface area contributed by atoms with E-state index in [9.17, 15) is 4.79 Å². The third kappa shape index (κ3) is 5.56. The lowest BCUT2D eigenvalue weighted by Gasteiger charge is -2.14. The van der Waals surface area contributed by atoms with Crippen molar-refractivity contribution in [2.45, 2.75) is 25.7 Å². The van der Waals surface area contributed by atoms with Gasteiger partial charge < -0.3 is 19.7 Å². The predicted molar refractivity (Wildman–Crippen MR) is 86.4 cm³/mol. The van der Waals surface area contributed by atoms with E-state index in [1.807, 2.05) is 18.2 Å². The molecule has 5 nitrogen and oxygen atoms in total. The fourth-order valence-corrected chi connectivity index (χ4v) is 2.63. The Bertz CT molecular complexity index is 459. The fourth-order valence-electron chi connectivity index (χ4n) is 2.63. The van der Waals surface area contributed by atoms with Crippen LogP contribution in [0.3, 0.4) is 0 Å². The molecule has 0 radical (unpaired) electrons. The zero-order valence-corrected chi connectivity index (χ0v) is 13.3. The molecule has 1 aliphatic heterocycles. The maximum Gasteiger partial charge on any atom is 0.257 e. The summed E-state index contributed by atoms with van der Waals surface area (Å²) in [5.41, 5.74) is 0. The number of carbonyl (C=O) groups excluding carboxylic acids is 1. The van der Waals surface area contributed by atoms with E-state index in [2.05, 4.69) is 10.2 Å². The van der Waals surface area contributed by atoms with Gasteiger partial charge in [-0.1, -0.05) is 12.1 Å². The van der Waals surface area contributed by atoms with Gasteiger partial charge in [-0.05, 0) is 57.5 Å². The Hall–Kier alpha value is -1.75. The zero-order chi connectivity index (χ0) is 15.6. The van der Waals surface area contributed by atoms with Gasteiger partial charge in [-0.2, -0.15) is 0 Å². The summed E-state index contributed by atoms with van der Waals surface area (Å²) in [6.45, 7) is 4.35. The number of ether oxygens (including phenoxy) is 2. The van der Waals surface area contributed by atoms with E-state index in [4.69, 9.17) is 9.47 Å². The fraction of sp³-hybridized carbons (Fsp3) is 0.588. The van der Waals surface area contributed by atoms with Gasteiger partial charge in [0.05, 0.1) is 7.11 Å². The van der Waals surface area contributed by atoms with E-state index < -0.39 is 0 Å². The first-order valence-electron chi connectivity index (χ1n) is 8.04. The van der Waals surface area contributed by atoms with Crippen molar-refractivity contribution in [2.24, 2.45) is 0 Å². The summed E-state index contributed by atoms with van der Waals surface area (Å²) in [6, 6.07) is 7.33. The molecule has 0 aromatic heterocycles. The summed E-state index contributed by atoms with van der Waals surface area (Å²) in [5.74, 6) is 1.14. The molecule has 0 spiro atoms. The second-order valence-electron chi connectivity index (χ2n) is 5.55. The quantitative estimate of drug-likeness (QED) is 0.710. The smallest absolute Gasteiger partial charge is 0.257 e. The van der Waals surface area contributed by atoms with Crippen molar-refractivity contribution < 1.29 is 14.3 Å². The van der Waals surface area contributed by atoms with E-state index in [-0.39, 0.29) is 12.5 Å². The summed E-state index contributed by atoms with van der Waals surface area (Å²) in [5, 5.41) is 2.89. The monoisotopic (exact) mass is 306 g/mol. The number of nitrogens with zero attached hydrogens (tertiary/aromatic N) is 1. The summed E-state index contributed by atoms with van der Waals surface area (Å²) in [6.07, 6.45) is 4.80. The van der Waals surface area contributed by atoms with Gasteiger partial charge in [0, 0.05) is 6.54 Å². The minimum Gasteiger partial charge on any atom is -0.493 e. The molecule has 0 saturated carbocycles. The topological polar surface area (TPSA) is 50.8 Å². The highest BCUT2D eigenvalue weighted by Crippen LogP contribution is 2.25. The summed E-state index contributed by atoms with van der Waals surface area (Å²) >= 11 is 0. The van der Waals surface area contributed by atoms with E-state index in [0.29, 0.717) is 18.0 Å². The van der Waals surface area contributed by atoms with Crippen molar-refractivity contribution in [2.75, 3.05) is 39.9 Å². The minimum atomic E-state index is -0.0907. The van der Waals surface area contributed by atoms with Crippen LogP contribution in [0.5, 0.6) is 11.5 Å². The molecular formula is C17H26N2O3. The highest BCUT2D eigenvalue weighted by Gasteiger charge is 2.10. The Balaban J connectivity index is 1.55. The Labute approximate surface area is 132 Å². The van der Waals surface area contributed by atoms with Gasteiger partial charge in [-0.15, -0.1) is 0 Å². The number of likely N-dealkylation sites (tertiary alicyclic amines) is 1. The number of carbonyl (C=O) groups is 1. The summed E-state index contributed by atoms with van der Waals surface area (Å²) in [7, 11) is 1.59. The van der Waals surface area contributed by atoms with Crippen molar-refractivity contribution in [3.63, 3.8) is 0 Å². The lowest BCUT2D eigenvalue weighted by molar-refractivity contribution is -0.123. The third-order valence-electron chi connectivity index (χ3n) is 3.85. The van der Waals surface area contributed by atoms with E-state index in [1.54, 1.807) is 13.2 Å². The van der Waals surface area contributed by atoms with E-state index in [1.165, 1.54) is 25.9 Å². The molecule has 22 heavy (non-hydrogen) atoms. The molecule has 1 aliphatic rings. The van der Waals surface area contributed by atoms with Crippen LogP contribution in [0, 0.1) is 0 Å². The summed E-state index contributed by atoms with van der Waals surface area (Å²) < 4.78 is 10.7. The van der Waals surface area contributed by atoms with Crippen molar-refractivity contribution >= 4 is 5.91 Å². The maximum absolute atomic E-state index is 11.7. The highest BCUT2D eigenvalue weighted by atomic mass is 16.5. The molecule has 5 heteroatoms. The average Bonchev–Trinajstić information content (AvgIpc) is 3.06. The number of methoxy groups -OCH3 is 1. The van der Waals surface area contributed by atoms with Gasteiger partial charge in [-0.3, -0.25) is 4.79 Å². The van der Waals surface area contributed by atoms with E-state index in [0.717, 1.165) is 19.4 Å². The van der Waals surface area contributed by atoms with Gasteiger partial charge >= 0.3 is 0 Å². The molecule has 1 amide bonds. The molecule has 1 heterocycles. The lowest BCUT2D eigenvalue weighted by Crippen LogP contribution is -2.30. The average molecular weight is 306 g/mol. The van der Waals surface area contributed by atoms with Gasteiger partial charge in [-0.25, -0.2) is 0 Å². The number of amides is 1. The van der Waals surface area contributed by atoms with Crippen molar-refractivity contribution in [1.29, 1.82) is 0 Å². The second kappa shape index (κ2) is 9.30. The molecule has 1 fully saturated rings. The number of hydrogen-bond donors (Lipinski definition) is 1. The first kappa shape index (κ1) is 16.6. The molecule has 1 aromatic carbocycles. The number of para-hydroxylation sites is 2. The largest absolute Gasteiger partial charge is 0.493 e. The first-order valence-corrected chi connectivity index (χ1v) is 8.04. The SMILES string of the molecule is COc1ccccc1OCC(=O)NCCCCN1CCCC1. The molecule has 0 bridgehead atoms. The van der Waals surface area contributed by atoms with Crippen molar-refractivity contribution in [1.82, 2.24) is 10.2 Å². The Morgan fingerprint density at radius 3 is 2.64 bits per heavy atom. The van der Waals surface area contributed by atoms with Crippen LogP contribution in [-0.2, 0) is 4.79 Å². The number of rotatable bonds is 9. The minimum absolute atomic E-state index is 0.0203. The standard InChI is InChI=1S/C17H26N2O3/c1-21-15-8-2-3-9-16(15)22-14-17(20)18-10-4-5-11-19-12-6-7-13-19/h2-3,8-9H,4-7,10-14H2,1H3,(H,18,20). The van der Waals surface area contributed by atoms with Gasteiger partial charge in [0.1, 0.15) is 0 Å². The maximum atomic E-state index is 11.7. The highest BCUT2D eigenvalue weighted by molar-refractivity contribution is 5.77. The molecule has 1 saturated heterocycles. The van der Waals surface area contributed by atoms with E-state index >= 15 is 0 Å². The van der Waals surface area contributed by atoms with Gasteiger partial charge in [0.25, 0.3) is 5.91 Å². The third-order valence-corrected chi connectivity index (χ3v) is 3.85. The van der Waals surface area contributed by atoms with Crippen LogP contribution in [0.1, 0.15) is 25.7 Å². The molecular weight excluding hydrogens is 280 g/mol. The normalized spacial score (nSPS) is 14.8. The molecule has 1 aromatic rings. The Kier molecular flexibility index (Phi) is 7.03. The second-order valence-corrected chi connectivity index (χ2v) is 5.55. The molecule has 0 unspecified atom stereocenters. The van der Waals surface area contributed by atoms with Crippen molar-refractivity contribution in [3.8, 4) is 11.5 Å². The predicted octanol–water partition coefficient (Wildman–Crippen LogP) is 2.07. The number of benzene rings is 1. The van der Waals surface area contributed by atoms with Crippen molar-refractivity contribution in [3.05, 3.63) is 24.3 Å². The molecule has 0 aliphatic carbocycles. The van der Waals surface area contributed by atoms with Crippen LogP contribution < -0.4 is 14.8 Å². The molecule has 1 N–H and O–H groups in total. The van der Waals surface area contributed by atoms with Crippen LogP contribution in [-0.4, -0.2) is 50.7 Å². The first-order chi connectivity index (χ1) is 10.8. The number of hydrogen-bond acceptors (Lipinski definition) is 4. The van der Waals surface area contributed by atoms with Crippen LogP contribution in [0.2, 0.25) is 0 Å². The summed E-state index contributed by atoms with van der Waals surface area (Å²) in [4.78, 5) is 14.2. The molecule has 122 valence electrons.